The van der Waals surface area contributed by atoms with Gasteiger partial charge < -0.3 is 19.9 Å². The zero-order valence-electron chi connectivity index (χ0n) is 14.9. The number of nitrogens with zero attached hydrogens (tertiary/aromatic N) is 4. The number of ether oxygens (including phenoxy) is 1. The van der Waals surface area contributed by atoms with E-state index in [0.29, 0.717) is 19.7 Å². The van der Waals surface area contributed by atoms with E-state index < -0.39 is 0 Å². The summed E-state index contributed by atoms with van der Waals surface area (Å²) in [5.74, 6) is 2.41. The minimum absolute atomic E-state index is 0.455. The minimum atomic E-state index is 0.455. The number of rotatable bonds is 8. The van der Waals surface area contributed by atoms with Crippen LogP contribution in [0.5, 0.6) is 0 Å². The van der Waals surface area contributed by atoms with Crippen molar-refractivity contribution in [2.24, 2.45) is 12.0 Å². The lowest BCUT2D eigenvalue weighted by atomic mass is 10.1. The molecule has 0 amide bonds. The average Bonchev–Trinajstić information content (AvgIpc) is 2.91. The molecule has 0 aliphatic heterocycles. The Morgan fingerprint density at radius 1 is 1.28 bits per heavy atom. The Hall–Kier alpha value is -2.12. The van der Waals surface area contributed by atoms with Gasteiger partial charge in [-0.05, 0) is 31.0 Å². The van der Waals surface area contributed by atoms with Gasteiger partial charge >= 0.3 is 0 Å². The summed E-state index contributed by atoms with van der Waals surface area (Å²) in [7, 11) is 3.61. The number of hydrogen-bond donors (Lipinski definition) is 2. The molecule has 1 aromatic carbocycles. The topological polar surface area (TPSA) is 76.4 Å². The van der Waals surface area contributed by atoms with Crippen molar-refractivity contribution in [2.45, 2.75) is 19.9 Å². The van der Waals surface area contributed by atoms with Crippen LogP contribution in [-0.2, 0) is 24.8 Å². The maximum absolute atomic E-state index is 6.02. The van der Waals surface area contributed by atoms with Crippen LogP contribution >= 0.6 is 11.6 Å². The van der Waals surface area contributed by atoms with Gasteiger partial charge in [-0.25, -0.2) is 4.99 Å². The number of aryl methyl sites for hydroxylation is 1. The Morgan fingerprint density at radius 3 is 2.76 bits per heavy atom. The van der Waals surface area contributed by atoms with Crippen LogP contribution in [0, 0.1) is 6.92 Å². The molecule has 0 aliphatic carbocycles. The van der Waals surface area contributed by atoms with Crippen LogP contribution in [0.15, 0.2) is 29.3 Å². The first-order chi connectivity index (χ1) is 12.1. The number of aromatic nitrogens is 3. The fourth-order valence-electron chi connectivity index (χ4n) is 2.20. The highest BCUT2D eigenvalue weighted by atomic mass is 35.5. The van der Waals surface area contributed by atoms with Gasteiger partial charge in [-0.15, -0.1) is 10.2 Å². The first kappa shape index (κ1) is 19.2. The minimum Gasteiger partial charge on any atom is -0.383 e. The molecule has 0 aliphatic rings. The molecular weight excluding hydrogens is 340 g/mol. The molecule has 2 rings (SSSR count). The number of methoxy groups -OCH3 is 1. The molecule has 0 saturated carbocycles. The predicted octanol–water partition coefficient (Wildman–Crippen LogP) is 1.70. The van der Waals surface area contributed by atoms with E-state index in [4.69, 9.17) is 16.3 Å². The molecule has 0 unspecified atom stereocenters. The molecule has 7 nitrogen and oxygen atoms in total. The van der Waals surface area contributed by atoms with Crippen LogP contribution in [0.4, 0.5) is 0 Å². The lowest BCUT2D eigenvalue weighted by molar-refractivity contribution is 0.203. The van der Waals surface area contributed by atoms with Crippen LogP contribution in [0.2, 0.25) is 5.02 Å². The smallest absolute Gasteiger partial charge is 0.191 e. The Kier molecular flexibility index (Phi) is 7.69. The average molecular weight is 365 g/mol. The number of aliphatic imine (C=N–C) groups is 1. The number of hydrogen-bond acceptors (Lipinski definition) is 4. The number of nitrogens with one attached hydrogen (secondary N) is 2. The highest BCUT2D eigenvalue weighted by Gasteiger charge is 2.05. The van der Waals surface area contributed by atoms with Crippen molar-refractivity contribution in [2.75, 3.05) is 26.8 Å². The Bertz CT molecular complexity index is 700. The van der Waals surface area contributed by atoms with Gasteiger partial charge in [0.25, 0.3) is 0 Å². The van der Waals surface area contributed by atoms with Crippen LogP contribution in [0.3, 0.4) is 0 Å². The standard InChI is InChI=1S/C17H25ClN6O/c1-13-22-23-16(24(13)2)12-21-17(20-9-10-25-3)19-8-7-14-5-4-6-15(18)11-14/h4-6,11H,7-10,12H2,1-3H3,(H2,19,20,21). The van der Waals surface area contributed by atoms with E-state index in [-0.39, 0.29) is 0 Å². The fourth-order valence-corrected chi connectivity index (χ4v) is 2.41. The molecule has 0 spiro atoms. The first-order valence-electron chi connectivity index (χ1n) is 8.20. The number of halogens is 1. The maximum Gasteiger partial charge on any atom is 0.191 e. The molecule has 0 radical (unpaired) electrons. The molecule has 0 saturated heterocycles. The Morgan fingerprint density at radius 2 is 2.08 bits per heavy atom. The monoisotopic (exact) mass is 364 g/mol. The fraction of sp³-hybridized carbons (Fsp3) is 0.471. The number of guanidine groups is 1. The lowest BCUT2D eigenvalue weighted by Gasteiger charge is -2.12. The van der Waals surface area contributed by atoms with E-state index in [1.54, 1.807) is 7.11 Å². The second-order valence-electron chi connectivity index (χ2n) is 5.61. The van der Waals surface area contributed by atoms with Gasteiger partial charge in [-0.1, -0.05) is 23.7 Å². The van der Waals surface area contributed by atoms with Gasteiger partial charge in [0, 0.05) is 32.3 Å². The largest absolute Gasteiger partial charge is 0.383 e. The van der Waals surface area contributed by atoms with Gasteiger partial charge in [0.2, 0.25) is 0 Å². The van der Waals surface area contributed by atoms with Gasteiger partial charge in [0.05, 0.1) is 6.61 Å². The Labute approximate surface area is 153 Å². The van der Waals surface area contributed by atoms with E-state index in [1.165, 1.54) is 5.56 Å². The van der Waals surface area contributed by atoms with Gasteiger partial charge in [0.1, 0.15) is 12.4 Å². The molecule has 8 heteroatoms. The summed E-state index contributed by atoms with van der Waals surface area (Å²) in [4.78, 5) is 4.58. The third-order valence-corrected chi connectivity index (χ3v) is 3.99. The van der Waals surface area contributed by atoms with Crippen LogP contribution in [-0.4, -0.2) is 47.5 Å². The van der Waals surface area contributed by atoms with Crippen LogP contribution < -0.4 is 10.6 Å². The van der Waals surface area contributed by atoms with E-state index in [1.807, 2.05) is 36.7 Å². The molecule has 1 aromatic heterocycles. The zero-order chi connectivity index (χ0) is 18.1. The number of benzene rings is 1. The van der Waals surface area contributed by atoms with Crippen molar-refractivity contribution >= 4 is 17.6 Å². The maximum atomic E-state index is 6.02. The normalized spacial score (nSPS) is 11.6. The molecule has 136 valence electrons. The lowest BCUT2D eigenvalue weighted by Crippen LogP contribution is -2.40. The first-order valence-corrected chi connectivity index (χ1v) is 8.58. The van der Waals surface area contributed by atoms with E-state index >= 15 is 0 Å². The molecule has 2 N–H and O–H groups in total. The highest BCUT2D eigenvalue weighted by molar-refractivity contribution is 6.30. The van der Waals surface area contributed by atoms with Crippen molar-refractivity contribution in [1.29, 1.82) is 0 Å². The second-order valence-corrected chi connectivity index (χ2v) is 6.05. The summed E-state index contributed by atoms with van der Waals surface area (Å²) in [6.07, 6.45) is 0.856. The van der Waals surface area contributed by atoms with Crippen molar-refractivity contribution in [3.05, 3.63) is 46.5 Å². The summed E-state index contributed by atoms with van der Waals surface area (Å²) < 4.78 is 7.01. The quantitative estimate of drug-likeness (QED) is 0.423. The summed E-state index contributed by atoms with van der Waals surface area (Å²) >= 11 is 6.02. The summed E-state index contributed by atoms with van der Waals surface area (Å²) in [5.41, 5.74) is 1.18. The van der Waals surface area contributed by atoms with Gasteiger partial charge in [-0.3, -0.25) is 0 Å². The molecule has 0 fully saturated rings. The van der Waals surface area contributed by atoms with Crippen molar-refractivity contribution in [3.8, 4) is 0 Å². The van der Waals surface area contributed by atoms with Crippen LogP contribution in [0.1, 0.15) is 17.2 Å². The molecular formula is C17H25ClN6O. The van der Waals surface area contributed by atoms with Crippen molar-refractivity contribution < 1.29 is 4.74 Å². The van der Waals surface area contributed by atoms with Gasteiger partial charge in [0.15, 0.2) is 11.8 Å². The summed E-state index contributed by atoms with van der Waals surface area (Å²) in [6, 6.07) is 7.87. The third kappa shape index (κ3) is 6.36. The van der Waals surface area contributed by atoms with E-state index in [2.05, 4.69) is 31.9 Å². The molecule has 25 heavy (non-hydrogen) atoms. The second kappa shape index (κ2) is 10.0. The zero-order valence-corrected chi connectivity index (χ0v) is 15.7. The molecule has 0 atom stereocenters. The summed E-state index contributed by atoms with van der Waals surface area (Å²) in [5, 5.41) is 15.5. The van der Waals surface area contributed by atoms with Crippen molar-refractivity contribution in [3.63, 3.8) is 0 Å². The van der Waals surface area contributed by atoms with E-state index in [9.17, 15) is 0 Å². The third-order valence-electron chi connectivity index (χ3n) is 3.76. The Balaban J connectivity index is 1.92. The van der Waals surface area contributed by atoms with E-state index in [0.717, 1.165) is 35.6 Å². The van der Waals surface area contributed by atoms with Crippen LogP contribution in [0.25, 0.3) is 0 Å². The summed E-state index contributed by atoms with van der Waals surface area (Å²) in [6.45, 7) is 4.41. The predicted molar refractivity (Wildman–Crippen MR) is 99.9 cm³/mol. The highest BCUT2D eigenvalue weighted by Crippen LogP contribution is 2.10. The SMILES string of the molecule is COCCNC(=NCc1nnc(C)n1C)NCCc1cccc(Cl)c1. The van der Waals surface area contributed by atoms with Gasteiger partial charge in [-0.2, -0.15) is 0 Å². The molecule has 2 aromatic rings. The van der Waals surface area contributed by atoms with Crippen molar-refractivity contribution in [1.82, 2.24) is 25.4 Å². The molecule has 0 bridgehead atoms. The molecule has 1 heterocycles.